The summed E-state index contributed by atoms with van der Waals surface area (Å²) in [5, 5.41) is 2.87. The van der Waals surface area contributed by atoms with Gasteiger partial charge in [0, 0.05) is 30.1 Å². The normalized spacial score (nSPS) is 22.5. The first-order valence-corrected chi connectivity index (χ1v) is 11.8. The average molecular weight is 495 g/mol. The summed E-state index contributed by atoms with van der Waals surface area (Å²) in [5.74, 6) is -2.00. The Morgan fingerprint density at radius 3 is 2.50 bits per heavy atom. The molecule has 4 rings (SSSR count). The van der Waals surface area contributed by atoms with Gasteiger partial charge in [-0.25, -0.2) is 13.2 Å². The summed E-state index contributed by atoms with van der Waals surface area (Å²) < 4.78 is 46.8. The predicted octanol–water partition coefficient (Wildman–Crippen LogP) is 5.17. The van der Waals surface area contributed by atoms with Gasteiger partial charge in [0.1, 0.15) is 23.2 Å². The lowest BCUT2D eigenvalue weighted by Crippen LogP contribution is -2.43. The van der Waals surface area contributed by atoms with Crippen LogP contribution < -0.4 is 10.1 Å². The minimum Gasteiger partial charge on any atom is -0.484 e. The van der Waals surface area contributed by atoms with E-state index in [0.29, 0.717) is 38.6 Å². The van der Waals surface area contributed by atoms with Gasteiger partial charge in [-0.3, -0.25) is 9.59 Å². The van der Waals surface area contributed by atoms with Crippen LogP contribution in [0.4, 0.5) is 13.2 Å². The number of ether oxygens (including phenoxy) is 1. The van der Waals surface area contributed by atoms with Crippen molar-refractivity contribution in [2.45, 2.75) is 50.6 Å². The van der Waals surface area contributed by atoms with Gasteiger partial charge in [-0.1, -0.05) is 11.6 Å². The summed E-state index contributed by atoms with van der Waals surface area (Å²) in [7, 11) is 0. The molecule has 1 aliphatic heterocycles. The van der Waals surface area contributed by atoms with Crippen molar-refractivity contribution in [2.24, 2.45) is 5.92 Å². The second-order valence-corrected chi connectivity index (χ2v) is 9.24. The lowest BCUT2D eigenvalue weighted by atomic mass is 9.84. The molecule has 1 aliphatic carbocycles. The molecule has 0 bridgehead atoms. The highest BCUT2D eigenvalue weighted by Crippen LogP contribution is 2.37. The van der Waals surface area contributed by atoms with Crippen LogP contribution in [0.2, 0.25) is 5.02 Å². The van der Waals surface area contributed by atoms with Crippen LogP contribution in [0.25, 0.3) is 0 Å². The SMILES string of the molecule is O=C(COc1ccc(Cl)c(F)c1)NC1CCC(C(=O)N2CCC[C@H]2c2cc(F)ccc2F)CC1. The van der Waals surface area contributed by atoms with Crippen LogP contribution in [-0.4, -0.2) is 35.9 Å². The van der Waals surface area contributed by atoms with Gasteiger partial charge in [0.15, 0.2) is 6.61 Å². The van der Waals surface area contributed by atoms with Crippen LogP contribution in [0.15, 0.2) is 36.4 Å². The van der Waals surface area contributed by atoms with Crippen molar-refractivity contribution in [3.05, 3.63) is 64.4 Å². The third kappa shape index (κ3) is 5.66. The molecule has 1 heterocycles. The van der Waals surface area contributed by atoms with Crippen LogP contribution in [0.1, 0.15) is 50.1 Å². The second kappa shape index (κ2) is 10.7. The summed E-state index contributed by atoms with van der Waals surface area (Å²) in [6.07, 6.45) is 3.81. The molecule has 9 heteroatoms. The van der Waals surface area contributed by atoms with E-state index >= 15 is 0 Å². The minimum atomic E-state index is -0.622. The van der Waals surface area contributed by atoms with E-state index < -0.39 is 23.5 Å². The van der Waals surface area contributed by atoms with E-state index in [-0.39, 0.29) is 46.7 Å². The molecule has 0 spiro atoms. The minimum absolute atomic E-state index is 0.0237. The number of nitrogens with zero attached hydrogens (tertiary/aromatic N) is 1. The number of hydrogen-bond donors (Lipinski definition) is 1. The van der Waals surface area contributed by atoms with Gasteiger partial charge in [0.05, 0.1) is 11.1 Å². The molecule has 5 nitrogen and oxygen atoms in total. The molecule has 2 aromatic rings. The highest BCUT2D eigenvalue weighted by atomic mass is 35.5. The highest BCUT2D eigenvalue weighted by Gasteiger charge is 2.37. The molecule has 0 radical (unpaired) electrons. The maximum atomic E-state index is 14.3. The largest absolute Gasteiger partial charge is 0.484 e. The number of carbonyl (C=O) groups is 2. The Morgan fingerprint density at radius 2 is 1.76 bits per heavy atom. The van der Waals surface area contributed by atoms with Crippen LogP contribution >= 0.6 is 11.6 Å². The van der Waals surface area contributed by atoms with Gasteiger partial charge in [0.25, 0.3) is 5.91 Å². The molecule has 2 aliphatic rings. The predicted molar refractivity (Wildman–Crippen MR) is 121 cm³/mol. The number of rotatable bonds is 6. The summed E-state index contributed by atoms with van der Waals surface area (Å²) >= 11 is 5.63. The lowest BCUT2D eigenvalue weighted by molar-refractivity contribution is -0.137. The van der Waals surface area contributed by atoms with E-state index in [4.69, 9.17) is 16.3 Å². The zero-order valence-electron chi connectivity index (χ0n) is 18.5. The number of hydrogen-bond acceptors (Lipinski definition) is 3. The van der Waals surface area contributed by atoms with Gasteiger partial charge in [-0.15, -0.1) is 0 Å². The van der Waals surface area contributed by atoms with Crippen molar-refractivity contribution >= 4 is 23.4 Å². The molecule has 2 amide bonds. The third-order valence-corrected chi connectivity index (χ3v) is 6.86. The first-order valence-electron chi connectivity index (χ1n) is 11.4. The Kier molecular flexibility index (Phi) is 7.66. The van der Waals surface area contributed by atoms with Gasteiger partial charge >= 0.3 is 0 Å². The summed E-state index contributed by atoms with van der Waals surface area (Å²) in [5.41, 5.74) is 0.229. The van der Waals surface area contributed by atoms with Crippen molar-refractivity contribution in [1.82, 2.24) is 10.2 Å². The molecule has 2 aromatic carbocycles. The molecular formula is C25H26ClF3N2O3. The summed E-state index contributed by atoms with van der Waals surface area (Å²) in [6, 6.07) is 6.78. The van der Waals surface area contributed by atoms with E-state index in [9.17, 15) is 22.8 Å². The van der Waals surface area contributed by atoms with E-state index in [2.05, 4.69) is 5.32 Å². The van der Waals surface area contributed by atoms with E-state index in [0.717, 1.165) is 24.6 Å². The molecule has 0 unspecified atom stereocenters. The molecule has 0 aromatic heterocycles. The summed E-state index contributed by atoms with van der Waals surface area (Å²) in [4.78, 5) is 27.1. The van der Waals surface area contributed by atoms with Crippen molar-refractivity contribution in [1.29, 1.82) is 0 Å². The average Bonchev–Trinajstić information content (AvgIpc) is 3.31. The van der Waals surface area contributed by atoms with E-state index in [1.165, 1.54) is 18.2 Å². The van der Waals surface area contributed by atoms with Crippen LogP contribution in [0.3, 0.4) is 0 Å². The number of amides is 2. The van der Waals surface area contributed by atoms with Crippen LogP contribution in [0.5, 0.6) is 5.75 Å². The van der Waals surface area contributed by atoms with Gasteiger partial charge < -0.3 is 15.0 Å². The zero-order chi connectivity index (χ0) is 24.2. The molecule has 1 atom stereocenters. The number of carbonyl (C=O) groups excluding carboxylic acids is 2. The van der Waals surface area contributed by atoms with Crippen LogP contribution in [-0.2, 0) is 9.59 Å². The Hall–Kier alpha value is -2.74. The zero-order valence-corrected chi connectivity index (χ0v) is 19.3. The Balaban J connectivity index is 1.26. The molecule has 182 valence electrons. The fourth-order valence-electron chi connectivity index (χ4n) is 4.83. The van der Waals surface area contributed by atoms with Crippen molar-refractivity contribution < 1.29 is 27.5 Å². The highest BCUT2D eigenvalue weighted by molar-refractivity contribution is 6.30. The van der Waals surface area contributed by atoms with Crippen molar-refractivity contribution in [3.8, 4) is 5.75 Å². The quantitative estimate of drug-likeness (QED) is 0.602. The van der Waals surface area contributed by atoms with Crippen LogP contribution in [0, 0.1) is 23.4 Å². The fraction of sp³-hybridized carbons (Fsp3) is 0.440. The molecule has 1 saturated carbocycles. The molecule has 1 N–H and O–H groups in total. The molecule has 34 heavy (non-hydrogen) atoms. The van der Waals surface area contributed by atoms with E-state index in [1.807, 2.05) is 0 Å². The smallest absolute Gasteiger partial charge is 0.258 e. The van der Waals surface area contributed by atoms with E-state index in [1.54, 1.807) is 4.90 Å². The maximum Gasteiger partial charge on any atom is 0.258 e. The molecular weight excluding hydrogens is 469 g/mol. The maximum absolute atomic E-state index is 14.3. The third-order valence-electron chi connectivity index (χ3n) is 6.56. The number of likely N-dealkylation sites (tertiary alicyclic amines) is 1. The van der Waals surface area contributed by atoms with Crippen molar-refractivity contribution in [2.75, 3.05) is 13.2 Å². The van der Waals surface area contributed by atoms with Gasteiger partial charge in [-0.2, -0.15) is 0 Å². The number of benzene rings is 2. The summed E-state index contributed by atoms with van der Waals surface area (Å²) in [6.45, 7) is 0.271. The number of nitrogens with one attached hydrogen (secondary N) is 1. The topological polar surface area (TPSA) is 58.6 Å². The Morgan fingerprint density at radius 1 is 1.00 bits per heavy atom. The second-order valence-electron chi connectivity index (χ2n) is 8.84. The number of halogens is 4. The lowest BCUT2D eigenvalue weighted by Gasteiger charge is -2.33. The Labute approximate surface area is 201 Å². The first kappa shape index (κ1) is 24.4. The fourth-order valence-corrected chi connectivity index (χ4v) is 4.95. The first-order chi connectivity index (χ1) is 16.3. The molecule has 2 fully saturated rings. The van der Waals surface area contributed by atoms with Crippen molar-refractivity contribution in [3.63, 3.8) is 0 Å². The molecule has 1 saturated heterocycles. The van der Waals surface area contributed by atoms with Gasteiger partial charge in [0.2, 0.25) is 5.91 Å². The monoisotopic (exact) mass is 494 g/mol. The Bertz CT molecular complexity index is 1060. The van der Waals surface area contributed by atoms with Gasteiger partial charge in [-0.05, 0) is 68.9 Å². The standard InChI is InChI=1S/C25H26ClF3N2O3/c26-20-9-8-18(13-22(20)29)34-14-24(32)30-17-6-3-15(4-7-17)25(33)31-11-1-2-23(31)19-12-16(27)5-10-21(19)28/h5,8-10,12-13,15,17,23H,1-4,6-7,11,14H2,(H,30,32)/t15?,17?,23-/m0/s1.